The molecule has 1 aromatic heterocycles. The summed E-state index contributed by atoms with van der Waals surface area (Å²) in [7, 11) is 4.11. The highest BCUT2D eigenvalue weighted by atomic mass is 16.3. The molecule has 1 saturated heterocycles. The Hall–Kier alpha value is -2.96. The van der Waals surface area contributed by atoms with Gasteiger partial charge < -0.3 is 24.4 Å². The number of hydrogen-bond acceptors (Lipinski definition) is 4. The number of nitrogens with zero attached hydrogens (tertiary/aromatic N) is 4. The molecule has 0 saturated carbocycles. The SMILES string of the molecule is CCNC(=NCCCc1ccc(N(C)C)cc1)N1CCN(C(=O)c2ccco2)CC1. The van der Waals surface area contributed by atoms with Crippen LogP contribution in [0.2, 0.25) is 0 Å². The second-order valence-corrected chi connectivity index (χ2v) is 7.66. The number of carbonyl (C=O) groups is 1. The summed E-state index contributed by atoms with van der Waals surface area (Å²) in [4.78, 5) is 23.4. The van der Waals surface area contributed by atoms with E-state index in [-0.39, 0.29) is 5.91 Å². The molecule has 2 aromatic rings. The lowest BCUT2D eigenvalue weighted by Gasteiger charge is -2.36. The summed E-state index contributed by atoms with van der Waals surface area (Å²) in [5, 5.41) is 3.39. The Morgan fingerprint density at radius 2 is 1.80 bits per heavy atom. The normalized spacial score (nSPS) is 14.7. The zero-order valence-corrected chi connectivity index (χ0v) is 18.3. The molecule has 1 aliphatic rings. The van der Waals surface area contributed by atoms with E-state index in [1.807, 2.05) is 4.90 Å². The highest BCUT2D eigenvalue weighted by Crippen LogP contribution is 2.14. The summed E-state index contributed by atoms with van der Waals surface area (Å²) < 4.78 is 5.24. The van der Waals surface area contributed by atoms with Gasteiger partial charge in [-0.25, -0.2) is 0 Å². The standard InChI is InChI=1S/C23H33N5O2/c1-4-24-23(25-13-5-7-19-9-11-20(12-10-19)26(2)3)28-16-14-27(15-17-28)22(29)21-8-6-18-30-21/h6,8-12,18H,4-5,7,13-17H2,1-3H3,(H,24,25). The molecule has 0 aliphatic carbocycles. The maximum absolute atomic E-state index is 12.4. The van der Waals surface area contributed by atoms with Crippen LogP contribution in [0.5, 0.6) is 0 Å². The minimum atomic E-state index is -0.0399. The lowest BCUT2D eigenvalue weighted by Crippen LogP contribution is -2.53. The van der Waals surface area contributed by atoms with Crippen molar-refractivity contribution in [1.29, 1.82) is 0 Å². The Labute approximate surface area is 179 Å². The molecule has 30 heavy (non-hydrogen) atoms. The van der Waals surface area contributed by atoms with Crippen LogP contribution in [0.15, 0.2) is 52.1 Å². The molecule has 0 atom stereocenters. The molecule has 2 heterocycles. The zero-order chi connectivity index (χ0) is 21.3. The van der Waals surface area contributed by atoms with Crippen molar-refractivity contribution >= 4 is 17.6 Å². The van der Waals surface area contributed by atoms with Gasteiger partial charge in [0.15, 0.2) is 11.7 Å². The Bertz CT molecular complexity index is 807. The smallest absolute Gasteiger partial charge is 0.289 e. The van der Waals surface area contributed by atoms with E-state index in [1.165, 1.54) is 17.5 Å². The number of benzene rings is 1. The molecule has 0 spiro atoms. The largest absolute Gasteiger partial charge is 0.459 e. The van der Waals surface area contributed by atoms with Crippen molar-refractivity contribution in [3.05, 3.63) is 54.0 Å². The van der Waals surface area contributed by atoms with E-state index in [0.29, 0.717) is 18.8 Å². The summed E-state index contributed by atoms with van der Waals surface area (Å²) in [6.07, 6.45) is 3.56. The third kappa shape index (κ3) is 5.78. The van der Waals surface area contributed by atoms with E-state index >= 15 is 0 Å². The fraction of sp³-hybridized carbons (Fsp3) is 0.478. The summed E-state index contributed by atoms with van der Waals surface area (Å²) in [6, 6.07) is 12.2. The number of hydrogen-bond donors (Lipinski definition) is 1. The maximum Gasteiger partial charge on any atom is 0.289 e. The first-order chi connectivity index (χ1) is 14.6. The van der Waals surface area contributed by atoms with Crippen molar-refractivity contribution in [2.45, 2.75) is 19.8 Å². The van der Waals surface area contributed by atoms with Crippen LogP contribution in [-0.4, -0.2) is 75.0 Å². The van der Waals surface area contributed by atoms with Gasteiger partial charge in [0, 0.05) is 59.1 Å². The fourth-order valence-corrected chi connectivity index (χ4v) is 3.53. The molecule has 1 amide bonds. The molecule has 3 rings (SSSR count). The molecule has 1 aromatic carbocycles. The Kier molecular flexibility index (Phi) is 7.76. The highest BCUT2D eigenvalue weighted by molar-refractivity contribution is 5.91. The zero-order valence-electron chi connectivity index (χ0n) is 18.3. The van der Waals surface area contributed by atoms with Crippen LogP contribution in [0, 0.1) is 0 Å². The van der Waals surface area contributed by atoms with Crippen LogP contribution in [-0.2, 0) is 6.42 Å². The average Bonchev–Trinajstić information content (AvgIpc) is 3.31. The molecule has 0 unspecified atom stereocenters. The molecule has 1 fully saturated rings. The van der Waals surface area contributed by atoms with Gasteiger partial charge in [-0.2, -0.15) is 0 Å². The van der Waals surface area contributed by atoms with E-state index in [1.54, 1.807) is 12.1 Å². The number of carbonyl (C=O) groups excluding carboxylic acids is 1. The van der Waals surface area contributed by atoms with Crippen LogP contribution >= 0.6 is 0 Å². The molecule has 1 N–H and O–H groups in total. The minimum Gasteiger partial charge on any atom is -0.459 e. The van der Waals surface area contributed by atoms with Gasteiger partial charge >= 0.3 is 0 Å². The first-order valence-corrected chi connectivity index (χ1v) is 10.7. The van der Waals surface area contributed by atoms with Gasteiger partial charge in [-0.15, -0.1) is 0 Å². The predicted octanol–water partition coefficient (Wildman–Crippen LogP) is 2.70. The molecular formula is C23H33N5O2. The van der Waals surface area contributed by atoms with Crippen LogP contribution in [0.25, 0.3) is 0 Å². The van der Waals surface area contributed by atoms with Gasteiger partial charge in [-0.05, 0) is 49.6 Å². The Morgan fingerprint density at radius 1 is 1.10 bits per heavy atom. The Balaban J connectivity index is 1.48. The number of anilines is 1. The van der Waals surface area contributed by atoms with Crippen molar-refractivity contribution < 1.29 is 9.21 Å². The van der Waals surface area contributed by atoms with E-state index in [9.17, 15) is 4.79 Å². The van der Waals surface area contributed by atoms with Crippen LogP contribution in [0.3, 0.4) is 0 Å². The number of aliphatic imine (C=N–C) groups is 1. The first-order valence-electron chi connectivity index (χ1n) is 10.7. The van der Waals surface area contributed by atoms with E-state index in [2.05, 4.69) is 60.4 Å². The number of furan rings is 1. The van der Waals surface area contributed by atoms with Gasteiger partial charge in [0.2, 0.25) is 0 Å². The summed E-state index contributed by atoms with van der Waals surface area (Å²) >= 11 is 0. The predicted molar refractivity (Wildman–Crippen MR) is 121 cm³/mol. The third-order valence-electron chi connectivity index (χ3n) is 5.27. The van der Waals surface area contributed by atoms with Crippen molar-refractivity contribution in [3.63, 3.8) is 0 Å². The lowest BCUT2D eigenvalue weighted by atomic mass is 10.1. The van der Waals surface area contributed by atoms with Gasteiger partial charge in [0.25, 0.3) is 5.91 Å². The molecule has 0 bridgehead atoms. The summed E-state index contributed by atoms with van der Waals surface area (Å²) in [6.45, 7) is 6.57. The van der Waals surface area contributed by atoms with Crippen LogP contribution < -0.4 is 10.2 Å². The molecule has 162 valence electrons. The average molecular weight is 412 g/mol. The molecule has 7 heteroatoms. The second kappa shape index (κ2) is 10.7. The van der Waals surface area contributed by atoms with Gasteiger partial charge in [0.1, 0.15) is 0 Å². The number of guanidine groups is 1. The number of nitrogens with one attached hydrogen (secondary N) is 1. The van der Waals surface area contributed by atoms with Gasteiger partial charge in [-0.3, -0.25) is 9.79 Å². The molecule has 1 aliphatic heterocycles. The second-order valence-electron chi connectivity index (χ2n) is 7.66. The third-order valence-corrected chi connectivity index (χ3v) is 5.27. The van der Waals surface area contributed by atoms with E-state index < -0.39 is 0 Å². The number of piperazine rings is 1. The number of amides is 1. The summed E-state index contributed by atoms with van der Waals surface area (Å²) in [5.41, 5.74) is 2.56. The van der Waals surface area contributed by atoms with Crippen molar-refractivity contribution in [3.8, 4) is 0 Å². The Morgan fingerprint density at radius 3 is 2.40 bits per heavy atom. The van der Waals surface area contributed by atoms with Crippen LogP contribution in [0.4, 0.5) is 5.69 Å². The fourth-order valence-electron chi connectivity index (χ4n) is 3.53. The highest BCUT2D eigenvalue weighted by Gasteiger charge is 2.25. The van der Waals surface area contributed by atoms with Crippen molar-refractivity contribution in [2.24, 2.45) is 4.99 Å². The lowest BCUT2D eigenvalue weighted by molar-refractivity contribution is 0.0657. The summed E-state index contributed by atoms with van der Waals surface area (Å²) in [5.74, 6) is 1.30. The molecule has 7 nitrogen and oxygen atoms in total. The number of rotatable bonds is 7. The number of aryl methyl sites for hydroxylation is 1. The van der Waals surface area contributed by atoms with Crippen molar-refractivity contribution in [2.75, 3.05) is 58.3 Å². The first kappa shape index (κ1) is 21.7. The maximum atomic E-state index is 12.4. The van der Waals surface area contributed by atoms with E-state index in [0.717, 1.165) is 45.0 Å². The van der Waals surface area contributed by atoms with Gasteiger partial charge in [0.05, 0.1) is 6.26 Å². The minimum absolute atomic E-state index is 0.0399. The van der Waals surface area contributed by atoms with Gasteiger partial charge in [-0.1, -0.05) is 12.1 Å². The van der Waals surface area contributed by atoms with Crippen molar-refractivity contribution in [1.82, 2.24) is 15.1 Å². The monoisotopic (exact) mass is 411 g/mol. The van der Waals surface area contributed by atoms with Crippen LogP contribution in [0.1, 0.15) is 29.5 Å². The quantitative estimate of drug-likeness (QED) is 0.431. The topological polar surface area (TPSA) is 64.3 Å². The molecule has 0 radical (unpaired) electrons. The van der Waals surface area contributed by atoms with E-state index in [4.69, 9.17) is 9.41 Å². The molecular weight excluding hydrogens is 378 g/mol.